The molecule has 0 radical (unpaired) electrons. The third kappa shape index (κ3) is 3.95. The highest BCUT2D eigenvalue weighted by Gasteiger charge is 2.37. The Morgan fingerprint density at radius 1 is 1.47 bits per heavy atom. The van der Waals surface area contributed by atoms with Crippen LogP contribution >= 0.6 is 0 Å². The Morgan fingerprint density at radius 2 is 2.12 bits per heavy atom. The van der Waals surface area contributed by atoms with Gasteiger partial charge in [-0.05, 0) is 18.2 Å². The zero-order valence-electron chi connectivity index (χ0n) is 8.66. The first-order valence-corrected chi connectivity index (χ1v) is 4.69. The second kappa shape index (κ2) is 5.05. The number of primary amides is 1. The van der Waals surface area contributed by atoms with Crippen molar-refractivity contribution in [3.63, 3.8) is 0 Å². The molecule has 0 aliphatic rings. The van der Waals surface area contributed by atoms with Crippen molar-refractivity contribution < 1.29 is 23.1 Å². The Morgan fingerprint density at radius 3 is 2.65 bits per heavy atom. The third-order valence-corrected chi connectivity index (χ3v) is 2.02. The minimum absolute atomic E-state index is 0.177. The van der Waals surface area contributed by atoms with Crippen LogP contribution in [0.4, 0.5) is 18.9 Å². The predicted molar refractivity (Wildman–Crippen MR) is 55.5 cm³/mol. The maximum atomic E-state index is 12.0. The molecule has 0 aliphatic carbocycles. The minimum Gasteiger partial charge on any atom is -0.382 e. The highest BCUT2D eigenvalue weighted by atomic mass is 19.4. The van der Waals surface area contributed by atoms with E-state index in [0.29, 0.717) is 0 Å². The van der Waals surface area contributed by atoms with E-state index in [4.69, 9.17) is 10.8 Å². The van der Waals surface area contributed by atoms with Crippen LogP contribution in [0.5, 0.6) is 0 Å². The smallest absolute Gasteiger partial charge is 0.382 e. The van der Waals surface area contributed by atoms with Crippen LogP contribution in [-0.4, -0.2) is 29.8 Å². The van der Waals surface area contributed by atoms with E-state index >= 15 is 0 Å². The number of carbonyl (C=O) groups is 1. The van der Waals surface area contributed by atoms with Crippen molar-refractivity contribution in [1.82, 2.24) is 0 Å². The number of alkyl halides is 3. The molecule has 7 heteroatoms. The van der Waals surface area contributed by atoms with Crippen molar-refractivity contribution >= 4 is 11.6 Å². The molecule has 4 nitrogen and oxygen atoms in total. The van der Waals surface area contributed by atoms with Crippen LogP contribution in [-0.2, 0) is 0 Å². The number of halogens is 3. The van der Waals surface area contributed by atoms with Gasteiger partial charge in [0, 0.05) is 17.8 Å². The molecule has 0 aromatic heterocycles. The number of benzene rings is 1. The molecule has 0 bridgehead atoms. The number of aliphatic hydroxyl groups excluding tert-OH is 1. The summed E-state index contributed by atoms with van der Waals surface area (Å²) in [6.07, 6.45) is -7.13. The molecular formula is C10H11F3N2O2. The molecule has 1 aromatic rings. The number of hydrogen-bond acceptors (Lipinski definition) is 3. The number of anilines is 1. The van der Waals surface area contributed by atoms with Crippen LogP contribution in [0.1, 0.15) is 10.4 Å². The van der Waals surface area contributed by atoms with Gasteiger partial charge in [0.05, 0.1) is 0 Å². The number of nitrogens with one attached hydrogen (secondary N) is 1. The highest BCUT2D eigenvalue weighted by Crippen LogP contribution is 2.20. The topological polar surface area (TPSA) is 75.4 Å². The van der Waals surface area contributed by atoms with Gasteiger partial charge in [-0.15, -0.1) is 0 Å². The molecule has 0 saturated heterocycles. The number of amides is 1. The lowest BCUT2D eigenvalue weighted by Crippen LogP contribution is -2.35. The van der Waals surface area contributed by atoms with Crippen LogP contribution in [0.3, 0.4) is 0 Å². The Bertz CT molecular complexity index is 407. The van der Waals surface area contributed by atoms with Crippen molar-refractivity contribution in [2.45, 2.75) is 12.3 Å². The van der Waals surface area contributed by atoms with Gasteiger partial charge < -0.3 is 16.2 Å². The molecule has 1 aromatic carbocycles. The Kier molecular flexibility index (Phi) is 3.95. The molecule has 1 atom stereocenters. The molecular weight excluding hydrogens is 237 g/mol. The summed E-state index contributed by atoms with van der Waals surface area (Å²) in [5.41, 5.74) is 5.47. The van der Waals surface area contributed by atoms with Crippen molar-refractivity contribution in [2.24, 2.45) is 5.73 Å². The van der Waals surface area contributed by atoms with Gasteiger partial charge in [-0.1, -0.05) is 6.07 Å². The van der Waals surface area contributed by atoms with E-state index in [-0.39, 0.29) is 11.3 Å². The molecule has 1 rings (SSSR count). The van der Waals surface area contributed by atoms with Gasteiger partial charge >= 0.3 is 6.18 Å². The highest BCUT2D eigenvalue weighted by molar-refractivity contribution is 5.93. The maximum Gasteiger partial charge on any atom is 0.416 e. The van der Waals surface area contributed by atoms with E-state index in [0.717, 1.165) is 0 Å². The molecule has 1 unspecified atom stereocenters. The first kappa shape index (κ1) is 13.3. The average Bonchev–Trinajstić information content (AvgIpc) is 2.25. The van der Waals surface area contributed by atoms with Gasteiger partial charge in [0.2, 0.25) is 5.91 Å². The first-order chi connectivity index (χ1) is 7.80. The SMILES string of the molecule is NC(=O)c1cccc(NCC(O)C(F)(F)F)c1. The van der Waals surface area contributed by atoms with Crippen LogP contribution in [0.25, 0.3) is 0 Å². The summed E-state index contributed by atoms with van der Waals surface area (Å²) < 4.78 is 36.0. The lowest BCUT2D eigenvalue weighted by molar-refractivity contribution is -0.198. The zero-order chi connectivity index (χ0) is 13.1. The van der Waals surface area contributed by atoms with E-state index in [9.17, 15) is 18.0 Å². The van der Waals surface area contributed by atoms with E-state index in [2.05, 4.69) is 5.32 Å². The van der Waals surface area contributed by atoms with Gasteiger partial charge in [0.1, 0.15) is 0 Å². The minimum atomic E-state index is -4.67. The van der Waals surface area contributed by atoms with Crippen LogP contribution < -0.4 is 11.1 Å². The van der Waals surface area contributed by atoms with Gasteiger partial charge in [0.15, 0.2) is 6.10 Å². The summed E-state index contributed by atoms with van der Waals surface area (Å²) in [5.74, 6) is -0.676. The van der Waals surface area contributed by atoms with Crippen LogP contribution in [0, 0.1) is 0 Å². The predicted octanol–water partition coefficient (Wildman–Crippen LogP) is 1.12. The number of aliphatic hydroxyl groups is 1. The Balaban J connectivity index is 2.64. The lowest BCUT2D eigenvalue weighted by atomic mass is 10.2. The molecule has 0 fully saturated rings. The number of carbonyl (C=O) groups excluding carboxylic acids is 1. The Labute approximate surface area is 95.2 Å². The van der Waals surface area contributed by atoms with Gasteiger partial charge in [-0.2, -0.15) is 13.2 Å². The third-order valence-electron chi connectivity index (χ3n) is 2.02. The standard InChI is InChI=1S/C10H11F3N2O2/c11-10(12,13)8(16)5-15-7-3-1-2-6(4-7)9(14)17/h1-4,8,15-16H,5H2,(H2,14,17). The van der Waals surface area contributed by atoms with Crippen molar-refractivity contribution in [2.75, 3.05) is 11.9 Å². The van der Waals surface area contributed by atoms with Crippen molar-refractivity contribution in [1.29, 1.82) is 0 Å². The summed E-state index contributed by atoms with van der Waals surface area (Å²) in [6, 6.07) is 5.69. The molecule has 1 amide bonds. The zero-order valence-corrected chi connectivity index (χ0v) is 8.66. The number of nitrogens with two attached hydrogens (primary N) is 1. The molecule has 0 saturated carbocycles. The summed E-state index contributed by atoms with van der Waals surface area (Å²) in [6.45, 7) is -0.689. The number of hydrogen-bond donors (Lipinski definition) is 3. The fourth-order valence-corrected chi connectivity index (χ4v) is 1.11. The summed E-state index contributed by atoms with van der Waals surface area (Å²) >= 11 is 0. The monoisotopic (exact) mass is 248 g/mol. The fourth-order valence-electron chi connectivity index (χ4n) is 1.11. The second-order valence-corrected chi connectivity index (χ2v) is 3.38. The lowest BCUT2D eigenvalue weighted by Gasteiger charge is -2.15. The van der Waals surface area contributed by atoms with Gasteiger partial charge in [-0.3, -0.25) is 4.79 Å². The second-order valence-electron chi connectivity index (χ2n) is 3.38. The first-order valence-electron chi connectivity index (χ1n) is 4.69. The molecule has 17 heavy (non-hydrogen) atoms. The summed E-state index contributed by atoms with van der Waals surface area (Å²) in [7, 11) is 0. The molecule has 4 N–H and O–H groups in total. The normalized spacial score (nSPS) is 13.2. The van der Waals surface area contributed by atoms with Gasteiger partial charge in [-0.25, -0.2) is 0 Å². The molecule has 0 spiro atoms. The number of rotatable bonds is 4. The Hall–Kier alpha value is -1.76. The molecule has 0 heterocycles. The van der Waals surface area contributed by atoms with Crippen LogP contribution in [0.2, 0.25) is 0 Å². The van der Waals surface area contributed by atoms with Gasteiger partial charge in [0.25, 0.3) is 0 Å². The van der Waals surface area contributed by atoms with E-state index in [1.54, 1.807) is 0 Å². The summed E-state index contributed by atoms with van der Waals surface area (Å²) in [5, 5.41) is 11.1. The van der Waals surface area contributed by atoms with Crippen molar-refractivity contribution in [3.05, 3.63) is 29.8 Å². The van der Waals surface area contributed by atoms with E-state index < -0.39 is 24.7 Å². The fraction of sp³-hybridized carbons (Fsp3) is 0.300. The molecule has 94 valence electrons. The average molecular weight is 248 g/mol. The maximum absolute atomic E-state index is 12.0. The van der Waals surface area contributed by atoms with E-state index in [1.807, 2.05) is 0 Å². The van der Waals surface area contributed by atoms with Crippen LogP contribution in [0.15, 0.2) is 24.3 Å². The quantitative estimate of drug-likeness (QED) is 0.747. The van der Waals surface area contributed by atoms with E-state index in [1.165, 1.54) is 24.3 Å². The molecule has 0 aliphatic heterocycles. The summed E-state index contributed by atoms with van der Waals surface area (Å²) in [4.78, 5) is 10.8. The van der Waals surface area contributed by atoms with Crippen molar-refractivity contribution in [3.8, 4) is 0 Å². The largest absolute Gasteiger partial charge is 0.416 e.